The Morgan fingerprint density at radius 1 is 0.791 bits per heavy atom. The highest BCUT2D eigenvalue weighted by Gasteiger charge is 2.35. The molecule has 1 atom stereocenters. The number of anilines is 1. The molecule has 10 heteroatoms. The first kappa shape index (κ1) is 30.3. The normalized spacial score (nSPS) is 15.1. The van der Waals surface area contributed by atoms with Crippen LogP contribution in [0.1, 0.15) is 40.8 Å². The maximum absolute atomic E-state index is 14.9. The lowest BCUT2D eigenvalue weighted by Crippen LogP contribution is -2.51. The second-order valence-corrected chi connectivity index (χ2v) is 11.0. The van der Waals surface area contributed by atoms with Gasteiger partial charge in [0.2, 0.25) is 0 Å². The van der Waals surface area contributed by atoms with Crippen LogP contribution in [0.4, 0.5) is 23.2 Å². The number of nitrogens with zero attached hydrogens (tertiary/aromatic N) is 4. The summed E-state index contributed by atoms with van der Waals surface area (Å²) in [5.41, 5.74) is -0.509. The van der Waals surface area contributed by atoms with Gasteiger partial charge in [-0.05, 0) is 36.1 Å². The van der Waals surface area contributed by atoms with E-state index in [1.165, 1.54) is 5.56 Å². The SMILES string of the molecule is Cc1c(N2CCN(Cc3ccccc3)CC2)c(=O)n(C[C@H](C)c2ccccc2)c(=O)n1Cc1c(F)cccc1C(F)(F)F. The summed E-state index contributed by atoms with van der Waals surface area (Å²) in [5.74, 6) is -1.30. The van der Waals surface area contributed by atoms with E-state index in [0.29, 0.717) is 26.2 Å². The van der Waals surface area contributed by atoms with E-state index < -0.39 is 40.9 Å². The van der Waals surface area contributed by atoms with Crippen LogP contribution in [0.2, 0.25) is 0 Å². The van der Waals surface area contributed by atoms with Crippen molar-refractivity contribution < 1.29 is 17.6 Å². The minimum absolute atomic E-state index is 0.0202. The van der Waals surface area contributed by atoms with Crippen molar-refractivity contribution in [2.24, 2.45) is 0 Å². The molecule has 0 N–H and O–H groups in total. The second-order valence-electron chi connectivity index (χ2n) is 11.0. The van der Waals surface area contributed by atoms with Crippen molar-refractivity contribution in [3.63, 3.8) is 0 Å². The highest BCUT2D eigenvalue weighted by molar-refractivity contribution is 5.50. The van der Waals surface area contributed by atoms with Crippen molar-refractivity contribution in [2.75, 3.05) is 31.1 Å². The minimum Gasteiger partial charge on any atom is -0.363 e. The molecule has 5 rings (SSSR count). The van der Waals surface area contributed by atoms with Crippen LogP contribution in [0.15, 0.2) is 88.5 Å². The molecule has 0 aliphatic carbocycles. The van der Waals surface area contributed by atoms with E-state index in [2.05, 4.69) is 17.0 Å². The fourth-order valence-corrected chi connectivity index (χ4v) is 5.77. The number of benzene rings is 3. The largest absolute Gasteiger partial charge is 0.416 e. The molecule has 43 heavy (non-hydrogen) atoms. The number of piperazine rings is 1. The van der Waals surface area contributed by atoms with E-state index in [1.807, 2.05) is 60.4 Å². The lowest BCUT2D eigenvalue weighted by Gasteiger charge is -2.37. The van der Waals surface area contributed by atoms with Crippen LogP contribution in [0.5, 0.6) is 0 Å². The number of hydrogen-bond donors (Lipinski definition) is 0. The van der Waals surface area contributed by atoms with Gasteiger partial charge in [0.25, 0.3) is 5.56 Å². The van der Waals surface area contributed by atoms with Gasteiger partial charge in [0.1, 0.15) is 11.5 Å². The number of alkyl halides is 3. The zero-order valence-corrected chi connectivity index (χ0v) is 24.1. The molecule has 0 saturated carbocycles. The highest BCUT2D eigenvalue weighted by Crippen LogP contribution is 2.33. The fourth-order valence-electron chi connectivity index (χ4n) is 5.77. The zero-order chi connectivity index (χ0) is 30.7. The van der Waals surface area contributed by atoms with Gasteiger partial charge in [-0.25, -0.2) is 9.18 Å². The molecule has 1 aliphatic heterocycles. The minimum atomic E-state index is -4.82. The van der Waals surface area contributed by atoms with Crippen molar-refractivity contribution in [1.82, 2.24) is 14.0 Å². The van der Waals surface area contributed by atoms with E-state index in [-0.39, 0.29) is 23.8 Å². The quantitative estimate of drug-likeness (QED) is 0.248. The molecule has 1 fully saturated rings. The predicted molar refractivity (Wildman–Crippen MR) is 159 cm³/mol. The van der Waals surface area contributed by atoms with Gasteiger partial charge in [0, 0.05) is 50.5 Å². The van der Waals surface area contributed by atoms with Crippen LogP contribution < -0.4 is 16.1 Å². The van der Waals surface area contributed by atoms with Crippen molar-refractivity contribution >= 4 is 5.69 Å². The molecule has 6 nitrogen and oxygen atoms in total. The number of halogens is 4. The Hall–Kier alpha value is -4.18. The van der Waals surface area contributed by atoms with Gasteiger partial charge in [-0.3, -0.25) is 18.8 Å². The van der Waals surface area contributed by atoms with E-state index in [4.69, 9.17) is 0 Å². The van der Waals surface area contributed by atoms with Crippen molar-refractivity contribution in [3.8, 4) is 0 Å². The molecule has 0 spiro atoms. The first-order valence-electron chi connectivity index (χ1n) is 14.3. The van der Waals surface area contributed by atoms with Crippen LogP contribution >= 0.6 is 0 Å². The number of rotatable bonds is 8. The molecule has 1 saturated heterocycles. The Bertz CT molecular complexity index is 1680. The van der Waals surface area contributed by atoms with Gasteiger partial charge in [0.15, 0.2) is 0 Å². The topological polar surface area (TPSA) is 50.5 Å². The highest BCUT2D eigenvalue weighted by atomic mass is 19.4. The summed E-state index contributed by atoms with van der Waals surface area (Å²) in [5, 5.41) is 0. The van der Waals surface area contributed by atoms with Gasteiger partial charge in [-0.2, -0.15) is 13.2 Å². The van der Waals surface area contributed by atoms with Gasteiger partial charge in [-0.15, -0.1) is 0 Å². The standard InChI is InChI=1S/C33H34F4N4O2/c1-23(26-12-7-4-8-13-26)20-41-31(42)30(39-18-16-38(17-19-39)21-25-10-5-3-6-11-25)24(2)40(32(41)43)22-27-28(33(35,36)37)14-9-15-29(27)34/h3-15,23H,16-22H2,1-2H3/t23-/m0/s1. The Morgan fingerprint density at radius 2 is 1.42 bits per heavy atom. The van der Waals surface area contributed by atoms with Gasteiger partial charge in [-0.1, -0.05) is 73.7 Å². The molecule has 0 unspecified atom stereocenters. The van der Waals surface area contributed by atoms with Crippen LogP contribution in [0, 0.1) is 12.7 Å². The lowest BCUT2D eigenvalue weighted by atomic mass is 10.0. The molecular formula is C33H34F4N4O2. The van der Waals surface area contributed by atoms with Crippen molar-refractivity contribution in [1.29, 1.82) is 0 Å². The summed E-state index contributed by atoms with van der Waals surface area (Å²) < 4.78 is 58.7. The second kappa shape index (κ2) is 12.6. The Morgan fingerprint density at radius 3 is 2.05 bits per heavy atom. The smallest absolute Gasteiger partial charge is 0.363 e. The molecule has 1 aromatic heterocycles. The Balaban J connectivity index is 1.55. The third-order valence-corrected chi connectivity index (χ3v) is 8.16. The first-order valence-corrected chi connectivity index (χ1v) is 14.3. The summed E-state index contributed by atoms with van der Waals surface area (Å²) in [6, 6.07) is 22.2. The van der Waals surface area contributed by atoms with E-state index in [1.54, 1.807) is 6.92 Å². The predicted octanol–water partition coefficient (Wildman–Crippen LogP) is 5.65. The van der Waals surface area contributed by atoms with Crippen LogP contribution in [-0.4, -0.2) is 40.2 Å². The molecule has 3 aromatic carbocycles. The molecule has 0 bridgehead atoms. The summed E-state index contributed by atoms with van der Waals surface area (Å²) in [6.45, 7) is 5.82. The molecule has 226 valence electrons. The first-order chi connectivity index (χ1) is 20.5. The van der Waals surface area contributed by atoms with Crippen molar-refractivity contribution in [3.05, 3.63) is 133 Å². The summed E-state index contributed by atoms with van der Waals surface area (Å²) in [7, 11) is 0. The number of aromatic nitrogens is 2. The molecule has 2 heterocycles. The third-order valence-electron chi connectivity index (χ3n) is 8.16. The summed E-state index contributed by atoms with van der Waals surface area (Å²) >= 11 is 0. The maximum Gasteiger partial charge on any atom is 0.416 e. The Kier molecular flexibility index (Phi) is 8.87. The zero-order valence-electron chi connectivity index (χ0n) is 24.1. The van der Waals surface area contributed by atoms with Gasteiger partial charge in [0.05, 0.1) is 12.1 Å². The van der Waals surface area contributed by atoms with E-state index in [0.717, 1.165) is 39.4 Å². The molecule has 1 aliphatic rings. The number of hydrogen-bond acceptors (Lipinski definition) is 4. The Labute approximate surface area is 247 Å². The fraction of sp³-hybridized carbons (Fsp3) is 0.333. The molecular weight excluding hydrogens is 560 g/mol. The molecule has 0 amide bonds. The average molecular weight is 595 g/mol. The van der Waals surface area contributed by atoms with Crippen molar-refractivity contribution in [2.45, 2.75) is 45.6 Å². The van der Waals surface area contributed by atoms with Gasteiger partial charge < -0.3 is 4.90 Å². The third kappa shape index (κ3) is 6.59. The maximum atomic E-state index is 14.9. The average Bonchev–Trinajstić information content (AvgIpc) is 2.99. The van der Waals surface area contributed by atoms with Crippen LogP contribution in [0.3, 0.4) is 0 Å². The van der Waals surface area contributed by atoms with Crippen LogP contribution in [-0.2, 0) is 25.8 Å². The lowest BCUT2D eigenvalue weighted by molar-refractivity contribution is -0.138. The summed E-state index contributed by atoms with van der Waals surface area (Å²) in [6.07, 6.45) is -4.82. The molecule has 0 radical (unpaired) electrons. The van der Waals surface area contributed by atoms with E-state index >= 15 is 0 Å². The van der Waals surface area contributed by atoms with Gasteiger partial charge >= 0.3 is 11.9 Å². The monoisotopic (exact) mass is 594 g/mol. The molecule has 4 aromatic rings. The van der Waals surface area contributed by atoms with E-state index in [9.17, 15) is 27.2 Å². The summed E-state index contributed by atoms with van der Waals surface area (Å²) in [4.78, 5) is 32.0. The van der Waals surface area contributed by atoms with Crippen LogP contribution in [0.25, 0.3) is 0 Å².